The molecular formula is C18H24FN5O3. The summed E-state index contributed by atoms with van der Waals surface area (Å²) in [5.41, 5.74) is -0.445. The topological polar surface area (TPSA) is 98.6 Å². The average molecular weight is 377 g/mol. The Bertz CT molecular complexity index is 756. The Balaban J connectivity index is 2.20. The van der Waals surface area contributed by atoms with Crippen LogP contribution in [0.3, 0.4) is 0 Å². The first kappa shape index (κ1) is 20.4. The molecule has 0 aliphatic carbocycles. The van der Waals surface area contributed by atoms with Crippen molar-refractivity contribution < 1.29 is 18.7 Å². The maximum Gasteiger partial charge on any atom is 0.410 e. The molecule has 0 aromatic carbocycles. The maximum atomic E-state index is 14.5. The molecule has 27 heavy (non-hydrogen) atoms. The first-order valence-corrected chi connectivity index (χ1v) is 8.66. The second-order valence-corrected chi connectivity index (χ2v) is 7.22. The van der Waals surface area contributed by atoms with E-state index in [0.717, 1.165) is 0 Å². The molecule has 2 heterocycles. The Kier molecular flexibility index (Phi) is 6.20. The van der Waals surface area contributed by atoms with E-state index in [1.807, 2.05) is 0 Å². The van der Waals surface area contributed by atoms with Crippen LogP contribution in [-0.2, 0) is 4.74 Å². The number of rotatable bonds is 3. The zero-order chi connectivity index (χ0) is 20.2. The lowest BCUT2D eigenvalue weighted by atomic mass is 10.1. The molecular weight excluding hydrogens is 353 g/mol. The Morgan fingerprint density at radius 3 is 2.67 bits per heavy atom. The minimum Gasteiger partial charge on any atom is -0.444 e. The van der Waals surface area contributed by atoms with E-state index in [1.54, 1.807) is 25.7 Å². The first-order valence-electron chi connectivity index (χ1n) is 8.66. The molecule has 1 aliphatic rings. The van der Waals surface area contributed by atoms with Gasteiger partial charge in [-0.1, -0.05) is 0 Å². The van der Waals surface area contributed by atoms with Crippen LogP contribution in [-0.4, -0.2) is 60.2 Å². The zero-order valence-electron chi connectivity index (χ0n) is 16.0. The summed E-state index contributed by atoms with van der Waals surface area (Å²) in [7, 11) is 1.44. The lowest BCUT2D eigenvalue weighted by Gasteiger charge is -2.42. The number of anilines is 1. The summed E-state index contributed by atoms with van der Waals surface area (Å²) in [5.74, 6) is -1.27. The summed E-state index contributed by atoms with van der Waals surface area (Å²) in [6.45, 7) is 6.23. The lowest BCUT2D eigenvalue weighted by Crippen LogP contribution is -2.55. The van der Waals surface area contributed by atoms with Crippen molar-refractivity contribution in [1.29, 1.82) is 5.26 Å². The fourth-order valence-electron chi connectivity index (χ4n) is 2.84. The molecule has 1 aromatic heterocycles. The van der Waals surface area contributed by atoms with Gasteiger partial charge in [-0.05, 0) is 32.9 Å². The number of ether oxygens (including phenoxy) is 1. The molecule has 1 aromatic rings. The zero-order valence-corrected chi connectivity index (χ0v) is 16.0. The van der Waals surface area contributed by atoms with Crippen LogP contribution in [0.15, 0.2) is 12.1 Å². The Morgan fingerprint density at radius 2 is 2.11 bits per heavy atom. The molecule has 0 saturated carbocycles. The average Bonchev–Trinajstić information content (AvgIpc) is 2.60. The van der Waals surface area contributed by atoms with Crippen LogP contribution < -0.4 is 10.2 Å². The van der Waals surface area contributed by atoms with Crippen molar-refractivity contribution in [2.45, 2.75) is 38.8 Å². The van der Waals surface area contributed by atoms with Crippen molar-refractivity contribution in [1.82, 2.24) is 15.2 Å². The minimum absolute atomic E-state index is 0.0250. The molecule has 1 N–H and O–H groups in total. The van der Waals surface area contributed by atoms with Gasteiger partial charge >= 0.3 is 6.09 Å². The molecule has 146 valence electrons. The predicted molar refractivity (Wildman–Crippen MR) is 96.8 cm³/mol. The standard InChI is InChI=1S/C18H24FN5O3/c1-18(2,3)27-17(26)23-9-10-24(12(11-23)7-8-20)14-6-5-13(16(25)21-4)22-15(14)19/h5-6,12H,7,9-11H2,1-4H3,(H,21,25)/t12-/m0/s1. The number of nitriles is 1. The molecule has 0 bridgehead atoms. The summed E-state index contributed by atoms with van der Waals surface area (Å²) >= 11 is 0. The molecule has 0 spiro atoms. The number of nitrogens with zero attached hydrogens (tertiary/aromatic N) is 4. The van der Waals surface area contributed by atoms with Gasteiger partial charge in [0.25, 0.3) is 5.91 Å². The van der Waals surface area contributed by atoms with Crippen molar-refractivity contribution in [3.05, 3.63) is 23.8 Å². The van der Waals surface area contributed by atoms with Gasteiger partial charge in [0.05, 0.1) is 24.2 Å². The van der Waals surface area contributed by atoms with Gasteiger partial charge in [-0.25, -0.2) is 9.78 Å². The molecule has 1 fully saturated rings. The van der Waals surface area contributed by atoms with Crippen LogP contribution in [0, 0.1) is 17.3 Å². The van der Waals surface area contributed by atoms with E-state index in [2.05, 4.69) is 16.4 Å². The Morgan fingerprint density at radius 1 is 1.41 bits per heavy atom. The number of halogens is 1. The van der Waals surface area contributed by atoms with Gasteiger partial charge in [-0.15, -0.1) is 0 Å². The van der Waals surface area contributed by atoms with Gasteiger partial charge in [0, 0.05) is 26.7 Å². The van der Waals surface area contributed by atoms with Gasteiger partial charge in [0.2, 0.25) is 5.95 Å². The number of aromatic nitrogens is 1. The highest BCUT2D eigenvalue weighted by molar-refractivity contribution is 5.92. The fourth-order valence-corrected chi connectivity index (χ4v) is 2.84. The maximum absolute atomic E-state index is 14.5. The van der Waals surface area contributed by atoms with Crippen molar-refractivity contribution in [3.63, 3.8) is 0 Å². The molecule has 1 atom stereocenters. The van der Waals surface area contributed by atoms with E-state index in [1.165, 1.54) is 24.1 Å². The molecule has 2 amide bonds. The van der Waals surface area contributed by atoms with E-state index >= 15 is 0 Å². The van der Waals surface area contributed by atoms with Crippen LogP contribution in [0.5, 0.6) is 0 Å². The normalized spacial score (nSPS) is 17.3. The highest BCUT2D eigenvalue weighted by Crippen LogP contribution is 2.25. The number of carbonyl (C=O) groups is 2. The van der Waals surface area contributed by atoms with E-state index in [0.29, 0.717) is 13.1 Å². The Labute approximate surface area is 157 Å². The third-order valence-corrected chi connectivity index (χ3v) is 4.06. The fraction of sp³-hybridized carbons (Fsp3) is 0.556. The molecule has 2 rings (SSSR count). The summed E-state index contributed by atoms with van der Waals surface area (Å²) in [6, 6.07) is 4.58. The van der Waals surface area contributed by atoms with Crippen LogP contribution in [0.25, 0.3) is 0 Å². The van der Waals surface area contributed by atoms with Crippen LogP contribution in [0.4, 0.5) is 14.9 Å². The first-order chi connectivity index (χ1) is 12.7. The highest BCUT2D eigenvalue weighted by Gasteiger charge is 2.33. The van der Waals surface area contributed by atoms with E-state index in [9.17, 15) is 14.0 Å². The number of hydrogen-bond acceptors (Lipinski definition) is 6. The third-order valence-electron chi connectivity index (χ3n) is 4.06. The number of nitrogens with one attached hydrogen (secondary N) is 1. The van der Waals surface area contributed by atoms with Gasteiger partial charge in [0.15, 0.2) is 0 Å². The monoisotopic (exact) mass is 377 g/mol. The number of amides is 2. The number of hydrogen-bond donors (Lipinski definition) is 1. The van der Waals surface area contributed by atoms with Crippen LogP contribution >= 0.6 is 0 Å². The van der Waals surface area contributed by atoms with Crippen molar-refractivity contribution in [2.75, 3.05) is 31.6 Å². The lowest BCUT2D eigenvalue weighted by molar-refractivity contribution is 0.0215. The summed E-state index contributed by atoms with van der Waals surface area (Å²) in [6.07, 6.45) is -0.353. The molecule has 8 nitrogen and oxygen atoms in total. The van der Waals surface area contributed by atoms with E-state index in [4.69, 9.17) is 10.00 Å². The number of piperazine rings is 1. The number of pyridine rings is 1. The molecule has 9 heteroatoms. The van der Waals surface area contributed by atoms with Gasteiger partial charge < -0.3 is 19.9 Å². The van der Waals surface area contributed by atoms with Gasteiger partial charge in [-0.3, -0.25) is 4.79 Å². The smallest absolute Gasteiger partial charge is 0.410 e. The minimum atomic E-state index is -0.787. The predicted octanol–water partition coefficient (Wildman–Crippen LogP) is 1.92. The van der Waals surface area contributed by atoms with Crippen molar-refractivity contribution in [2.24, 2.45) is 0 Å². The molecule has 1 saturated heterocycles. The van der Waals surface area contributed by atoms with Crippen LogP contribution in [0.2, 0.25) is 0 Å². The van der Waals surface area contributed by atoms with E-state index < -0.39 is 29.6 Å². The van der Waals surface area contributed by atoms with Crippen LogP contribution in [0.1, 0.15) is 37.7 Å². The second kappa shape index (κ2) is 8.20. The third kappa shape index (κ3) is 5.06. The van der Waals surface area contributed by atoms with Crippen molar-refractivity contribution >= 4 is 17.7 Å². The second-order valence-electron chi connectivity index (χ2n) is 7.22. The quantitative estimate of drug-likeness (QED) is 0.808. The summed E-state index contributed by atoms with van der Waals surface area (Å²) in [5, 5.41) is 11.5. The SMILES string of the molecule is CNC(=O)c1ccc(N2CCN(C(=O)OC(C)(C)C)C[C@@H]2CC#N)c(F)n1. The number of carbonyl (C=O) groups excluding carboxylic acids is 2. The summed E-state index contributed by atoms with van der Waals surface area (Å²) < 4.78 is 19.9. The van der Waals surface area contributed by atoms with E-state index in [-0.39, 0.29) is 24.3 Å². The van der Waals surface area contributed by atoms with Gasteiger partial charge in [-0.2, -0.15) is 9.65 Å². The molecule has 0 radical (unpaired) electrons. The highest BCUT2D eigenvalue weighted by atomic mass is 19.1. The molecule has 0 unspecified atom stereocenters. The molecule has 1 aliphatic heterocycles. The largest absolute Gasteiger partial charge is 0.444 e. The van der Waals surface area contributed by atoms with Crippen molar-refractivity contribution in [3.8, 4) is 6.07 Å². The van der Waals surface area contributed by atoms with Gasteiger partial charge in [0.1, 0.15) is 11.3 Å². The summed E-state index contributed by atoms with van der Waals surface area (Å²) in [4.78, 5) is 30.8. The Hall–Kier alpha value is -2.89.